The number of halogens is 3. The van der Waals surface area contributed by atoms with E-state index in [1.54, 1.807) is 0 Å². The Labute approximate surface area is 113 Å². The van der Waals surface area contributed by atoms with Crippen molar-refractivity contribution in [2.24, 2.45) is 0 Å². The maximum atomic E-state index is 2.81. The fourth-order valence-electron chi connectivity index (χ4n) is 0.255. The van der Waals surface area contributed by atoms with Gasteiger partial charge in [-0.3, -0.25) is 0 Å². The van der Waals surface area contributed by atoms with E-state index in [1.807, 2.05) is 6.08 Å². The van der Waals surface area contributed by atoms with Gasteiger partial charge in [-0.25, -0.2) is 6.08 Å². The minimum atomic E-state index is 0. The molecule has 0 heterocycles. The van der Waals surface area contributed by atoms with E-state index < -0.39 is 0 Å². The summed E-state index contributed by atoms with van der Waals surface area (Å²) in [6.45, 7) is 0. The third-order valence-corrected chi connectivity index (χ3v) is 0.467. The molecule has 0 aromatic carbocycles. The van der Waals surface area contributed by atoms with Crippen molar-refractivity contribution in [1.29, 1.82) is 0 Å². The fraction of sp³-hybridized carbons (Fsp3) is 0.167. The average molecular weight is 409 g/mol. The van der Waals surface area contributed by atoms with Crippen LogP contribution in [0.25, 0.3) is 0 Å². The average Bonchev–Trinajstić information content (AvgIpc) is 1.76. The predicted molar refractivity (Wildman–Crippen MR) is 25.9 cm³/mol. The second kappa shape index (κ2) is 22.4. The fourth-order valence-corrected chi connectivity index (χ4v) is 0.255. The summed E-state index contributed by atoms with van der Waals surface area (Å²) in [5, 5.41) is 0. The van der Waals surface area contributed by atoms with Crippen molar-refractivity contribution in [3.8, 4) is 0 Å². The molecule has 0 aliphatic heterocycles. The van der Waals surface area contributed by atoms with E-state index in [1.165, 1.54) is 0 Å². The molecule has 0 N–H and O–H groups in total. The van der Waals surface area contributed by atoms with Gasteiger partial charge in [0.1, 0.15) is 0 Å². The molecule has 0 atom stereocenters. The van der Waals surface area contributed by atoms with E-state index in [2.05, 4.69) is 17.5 Å². The molecule has 1 rings (SSSR count). The summed E-state index contributed by atoms with van der Waals surface area (Å²) in [7, 11) is 0. The number of allylic oxidation sites excluding steroid dienone is 2. The van der Waals surface area contributed by atoms with Crippen LogP contribution in [0.1, 0.15) is 6.42 Å². The molecule has 0 aromatic rings. The van der Waals surface area contributed by atoms with Gasteiger partial charge in [0.15, 0.2) is 0 Å². The van der Waals surface area contributed by atoms with Crippen LogP contribution in [0.15, 0.2) is 17.5 Å². The molecule has 0 aromatic heterocycles. The van der Waals surface area contributed by atoms with Gasteiger partial charge in [0, 0.05) is 0 Å². The first-order valence-electron chi connectivity index (χ1n) is 1.55. The Morgan fingerprint density at radius 1 is 1.20 bits per heavy atom. The molecule has 0 nitrogen and oxygen atoms in total. The standard InChI is InChI=1S/C5H3.CH3.3BrH.Zr/c1-2-4-5-3-1;;;;;/h1H,2H2;1H3;3*1H;/q2*-1;;;;+3/p-3. The number of hydrogen-bond donors (Lipinski definition) is 0. The first-order chi connectivity index (χ1) is 2.50. The topological polar surface area (TPSA) is 0 Å². The van der Waals surface area contributed by atoms with E-state index in [0.29, 0.717) is 0 Å². The van der Waals surface area contributed by atoms with E-state index in [-0.39, 0.29) is 84.6 Å². The van der Waals surface area contributed by atoms with Crippen LogP contribution in [0.5, 0.6) is 0 Å². The third kappa shape index (κ3) is 16.3. The van der Waals surface area contributed by atoms with Gasteiger partial charge in [0.2, 0.25) is 0 Å². The number of hydrogen-bond acceptors (Lipinski definition) is 0. The SMILES string of the molecule is C1=C=CC[C-]=1.[Br-].[Br-].[Br-].[CH3-].[Zr+3]. The Morgan fingerprint density at radius 2 is 1.70 bits per heavy atom. The van der Waals surface area contributed by atoms with Gasteiger partial charge in [-0.2, -0.15) is 0 Å². The third-order valence-electron chi connectivity index (χ3n) is 0.467. The van der Waals surface area contributed by atoms with Gasteiger partial charge in [0.05, 0.1) is 0 Å². The van der Waals surface area contributed by atoms with Crippen molar-refractivity contribution in [2.45, 2.75) is 6.42 Å². The van der Waals surface area contributed by atoms with Crippen molar-refractivity contribution < 1.29 is 77.1 Å². The second-order valence-corrected chi connectivity index (χ2v) is 0.854. The van der Waals surface area contributed by atoms with Gasteiger partial charge in [-0.15, -0.1) is 6.08 Å². The molecule has 0 amide bonds. The summed E-state index contributed by atoms with van der Waals surface area (Å²) in [5.74, 6) is 0. The minimum absolute atomic E-state index is 0. The van der Waals surface area contributed by atoms with Crippen LogP contribution < -0.4 is 50.9 Å². The van der Waals surface area contributed by atoms with Crippen molar-refractivity contribution in [1.82, 2.24) is 0 Å². The van der Waals surface area contributed by atoms with Gasteiger partial charge in [-0.1, -0.05) is 6.42 Å². The summed E-state index contributed by atoms with van der Waals surface area (Å²) >= 11 is 0. The Hall–Kier alpha value is 1.62. The van der Waals surface area contributed by atoms with E-state index in [0.717, 1.165) is 6.42 Å². The van der Waals surface area contributed by atoms with Gasteiger partial charge >= 0.3 is 26.2 Å². The molecule has 57 valence electrons. The van der Waals surface area contributed by atoms with Crippen molar-refractivity contribution >= 4 is 0 Å². The molecule has 0 spiro atoms. The summed E-state index contributed by atoms with van der Waals surface area (Å²) < 4.78 is 0. The maximum absolute atomic E-state index is 2.81. The zero-order chi connectivity index (χ0) is 3.54. The Kier molecular flexibility index (Phi) is 67.1. The molecule has 0 unspecified atom stereocenters. The molecule has 0 saturated heterocycles. The summed E-state index contributed by atoms with van der Waals surface area (Å²) in [6.07, 6.45) is 5.60. The molecule has 10 heavy (non-hydrogen) atoms. The van der Waals surface area contributed by atoms with Gasteiger partial charge in [-0.05, 0) is 0 Å². The van der Waals surface area contributed by atoms with Crippen molar-refractivity contribution in [3.63, 3.8) is 0 Å². The Bertz CT molecular complexity index is 107. The van der Waals surface area contributed by atoms with Crippen LogP contribution >= 0.6 is 0 Å². The van der Waals surface area contributed by atoms with Gasteiger partial charge in [0.25, 0.3) is 0 Å². The zero-order valence-electron chi connectivity index (χ0n) is 5.42. The second-order valence-electron chi connectivity index (χ2n) is 0.854. The molecular weight excluding hydrogens is 403 g/mol. The first kappa shape index (κ1) is 29.9. The van der Waals surface area contributed by atoms with Crippen LogP contribution in [-0.4, -0.2) is 0 Å². The van der Waals surface area contributed by atoms with E-state index in [4.69, 9.17) is 0 Å². The van der Waals surface area contributed by atoms with Crippen LogP contribution in [0.4, 0.5) is 0 Å². The summed E-state index contributed by atoms with van der Waals surface area (Å²) in [4.78, 5) is 0. The smallest absolute Gasteiger partial charge is 1.00 e. The van der Waals surface area contributed by atoms with Crippen LogP contribution in [-0.2, 0) is 26.2 Å². The predicted octanol–water partition coefficient (Wildman–Crippen LogP) is -7.48. The van der Waals surface area contributed by atoms with Gasteiger partial charge < -0.3 is 69.8 Å². The minimum Gasteiger partial charge on any atom is -1.00 e. The summed E-state index contributed by atoms with van der Waals surface area (Å²) in [5.41, 5.74) is 5.40. The molecule has 1 aliphatic rings. The largest absolute Gasteiger partial charge is 3.00 e. The van der Waals surface area contributed by atoms with Crippen molar-refractivity contribution in [2.75, 3.05) is 0 Å². The molecule has 0 bridgehead atoms. The van der Waals surface area contributed by atoms with E-state index in [9.17, 15) is 0 Å². The normalized spacial score (nSPS) is 7.20. The van der Waals surface area contributed by atoms with Crippen LogP contribution in [0, 0.1) is 13.5 Å². The molecule has 1 radical (unpaired) electrons. The zero-order valence-corrected chi connectivity index (χ0v) is 12.6. The Morgan fingerprint density at radius 3 is 1.80 bits per heavy atom. The first-order valence-corrected chi connectivity index (χ1v) is 1.55. The molecular formula is C6H6Br3Zr-2. The maximum Gasteiger partial charge on any atom is 3.00 e. The van der Waals surface area contributed by atoms with Crippen LogP contribution in [0.3, 0.4) is 0 Å². The Balaban J connectivity index is -0.0000000167. The number of rotatable bonds is 0. The molecule has 0 fully saturated rings. The van der Waals surface area contributed by atoms with Crippen LogP contribution in [0.2, 0.25) is 0 Å². The molecule has 4 heteroatoms. The monoisotopic (exact) mass is 405 g/mol. The summed E-state index contributed by atoms with van der Waals surface area (Å²) in [6, 6.07) is 0. The quantitative estimate of drug-likeness (QED) is 0.276. The molecule has 0 saturated carbocycles. The van der Waals surface area contributed by atoms with Crippen molar-refractivity contribution in [3.05, 3.63) is 31.0 Å². The molecule has 1 aliphatic carbocycles. The van der Waals surface area contributed by atoms with E-state index >= 15 is 0 Å².